The van der Waals surface area contributed by atoms with Crippen LogP contribution in [0.1, 0.15) is 54.3 Å². The number of rotatable bonds is 4. The second kappa shape index (κ2) is 7.51. The minimum atomic E-state index is -1.93. The van der Waals surface area contributed by atoms with E-state index in [0.29, 0.717) is 0 Å². The van der Waals surface area contributed by atoms with Crippen LogP contribution >= 0.6 is 0 Å². The number of hydrogen-bond acceptors (Lipinski definition) is 7. The highest BCUT2D eigenvalue weighted by Gasteiger charge is 2.46. The van der Waals surface area contributed by atoms with Gasteiger partial charge in [0.15, 0.2) is 0 Å². The van der Waals surface area contributed by atoms with Gasteiger partial charge in [-0.05, 0) is 39.3 Å². The molecule has 29 heavy (non-hydrogen) atoms. The van der Waals surface area contributed by atoms with Gasteiger partial charge in [-0.2, -0.15) is 0 Å². The summed E-state index contributed by atoms with van der Waals surface area (Å²) >= 11 is 0. The zero-order chi connectivity index (χ0) is 21.5. The van der Waals surface area contributed by atoms with Gasteiger partial charge in [0, 0.05) is 6.42 Å². The van der Waals surface area contributed by atoms with Crippen LogP contribution in [0, 0.1) is 0 Å². The van der Waals surface area contributed by atoms with E-state index in [-0.39, 0.29) is 28.9 Å². The lowest BCUT2D eigenvalue weighted by Crippen LogP contribution is -2.54. The summed E-state index contributed by atoms with van der Waals surface area (Å²) in [6.45, 7) is 5.02. The smallest absolute Gasteiger partial charge is 0.319 e. The Morgan fingerprint density at radius 2 is 1.90 bits per heavy atom. The molecule has 2 unspecified atom stereocenters. The lowest BCUT2D eigenvalue weighted by atomic mass is 10.0. The Labute approximate surface area is 169 Å². The maximum absolute atomic E-state index is 13.0. The van der Waals surface area contributed by atoms with Crippen LogP contribution in [0.25, 0.3) is 0 Å². The number of nitrogens with one attached hydrogen (secondary N) is 1. The van der Waals surface area contributed by atoms with Gasteiger partial charge in [0.2, 0.25) is 11.8 Å². The maximum Gasteiger partial charge on any atom is 0.319 e. The highest BCUT2D eigenvalue weighted by molar-refractivity contribution is 7.85. The lowest BCUT2D eigenvalue weighted by molar-refractivity contribution is -0.151. The van der Waals surface area contributed by atoms with Gasteiger partial charge in [-0.3, -0.25) is 38.4 Å². The zero-order valence-electron chi connectivity index (χ0n) is 16.1. The normalized spacial score (nSPS) is 20.4. The van der Waals surface area contributed by atoms with E-state index in [1.54, 1.807) is 20.8 Å². The van der Waals surface area contributed by atoms with E-state index in [4.69, 9.17) is 4.74 Å². The number of fused-ring (bicyclic) bond motifs is 1. The SMILES string of the molecule is CC(C)(C)OC(=O)CS(=O)c1cccc2c1C(=O)N(C1CCC(=O)NC1=O)C2=O. The number of piperidine rings is 1. The van der Waals surface area contributed by atoms with E-state index in [0.717, 1.165) is 4.90 Å². The monoisotopic (exact) mass is 420 g/mol. The Kier molecular flexibility index (Phi) is 5.40. The van der Waals surface area contributed by atoms with E-state index in [1.807, 2.05) is 0 Å². The fraction of sp³-hybridized carbons (Fsp3) is 0.421. The van der Waals surface area contributed by atoms with Gasteiger partial charge in [-0.15, -0.1) is 0 Å². The fourth-order valence-corrected chi connectivity index (χ4v) is 4.31. The van der Waals surface area contributed by atoms with E-state index >= 15 is 0 Å². The topological polar surface area (TPSA) is 127 Å². The van der Waals surface area contributed by atoms with E-state index in [9.17, 15) is 28.2 Å². The van der Waals surface area contributed by atoms with Crippen LogP contribution in [0.5, 0.6) is 0 Å². The molecule has 1 aromatic carbocycles. The van der Waals surface area contributed by atoms with Crippen LogP contribution in [0.3, 0.4) is 0 Å². The van der Waals surface area contributed by atoms with Gasteiger partial charge < -0.3 is 4.74 Å². The Morgan fingerprint density at radius 1 is 1.21 bits per heavy atom. The van der Waals surface area contributed by atoms with E-state index in [2.05, 4.69) is 5.32 Å². The molecule has 10 heteroatoms. The first-order chi connectivity index (χ1) is 13.5. The zero-order valence-corrected chi connectivity index (χ0v) is 17.0. The first-order valence-electron chi connectivity index (χ1n) is 8.94. The van der Waals surface area contributed by atoms with Crippen LogP contribution in [0.2, 0.25) is 0 Å². The molecule has 154 valence electrons. The summed E-state index contributed by atoms with van der Waals surface area (Å²) in [6.07, 6.45) is 0.0215. The summed E-state index contributed by atoms with van der Waals surface area (Å²) < 4.78 is 17.9. The fourth-order valence-electron chi connectivity index (χ4n) is 3.23. The predicted molar refractivity (Wildman–Crippen MR) is 100 cm³/mol. The summed E-state index contributed by atoms with van der Waals surface area (Å²) in [6, 6.07) is 3.14. The minimum absolute atomic E-state index is 0.00123. The molecule has 1 saturated heterocycles. The molecular weight excluding hydrogens is 400 g/mol. The molecule has 0 aliphatic carbocycles. The molecule has 0 bridgehead atoms. The number of nitrogens with zero attached hydrogens (tertiary/aromatic N) is 1. The van der Waals surface area contributed by atoms with Gasteiger partial charge >= 0.3 is 5.97 Å². The molecule has 0 saturated carbocycles. The molecule has 2 atom stereocenters. The summed E-state index contributed by atoms with van der Waals surface area (Å²) in [7, 11) is -1.93. The van der Waals surface area contributed by atoms with Crippen molar-refractivity contribution in [1.29, 1.82) is 0 Å². The average Bonchev–Trinajstić information content (AvgIpc) is 2.85. The van der Waals surface area contributed by atoms with Gasteiger partial charge in [-0.25, -0.2) is 0 Å². The molecule has 2 heterocycles. The number of amides is 4. The van der Waals surface area contributed by atoms with Gasteiger partial charge in [-0.1, -0.05) is 6.07 Å². The van der Waals surface area contributed by atoms with Crippen LogP contribution in [0.15, 0.2) is 23.1 Å². The Morgan fingerprint density at radius 3 is 2.52 bits per heavy atom. The van der Waals surface area contributed by atoms with Crippen molar-refractivity contribution in [3.05, 3.63) is 29.3 Å². The third kappa shape index (κ3) is 4.12. The molecule has 4 amide bonds. The van der Waals surface area contributed by atoms with Gasteiger partial charge in [0.25, 0.3) is 11.8 Å². The molecule has 1 fully saturated rings. The van der Waals surface area contributed by atoms with Gasteiger partial charge in [0.05, 0.1) is 26.8 Å². The summed E-state index contributed by atoms with van der Waals surface area (Å²) in [5.41, 5.74) is -0.840. The van der Waals surface area contributed by atoms with Gasteiger partial charge in [0.1, 0.15) is 17.4 Å². The van der Waals surface area contributed by atoms with Crippen molar-refractivity contribution in [2.75, 3.05) is 5.75 Å². The van der Waals surface area contributed by atoms with Crippen molar-refractivity contribution in [3.63, 3.8) is 0 Å². The number of hydrogen-bond donors (Lipinski definition) is 1. The van der Waals surface area contributed by atoms with Crippen molar-refractivity contribution in [2.45, 2.75) is 50.2 Å². The molecule has 0 aromatic heterocycles. The van der Waals surface area contributed by atoms with Crippen molar-refractivity contribution in [3.8, 4) is 0 Å². The molecule has 9 nitrogen and oxygen atoms in total. The quantitative estimate of drug-likeness (QED) is 0.556. The highest BCUT2D eigenvalue weighted by Crippen LogP contribution is 2.31. The van der Waals surface area contributed by atoms with Crippen LogP contribution in [-0.2, 0) is 29.9 Å². The lowest BCUT2D eigenvalue weighted by Gasteiger charge is -2.27. The third-order valence-electron chi connectivity index (χ3n) is 4.34. The molecule has 0 spiro atoms. The largest absolute Gasteiger partial charge is 0.459 e. The molecule has 1 aromatic rings. The molecule has 1 N–H and O–H groups in total. The summed E-state index contributed by atoms with van der Waals surface area (Å²) in [5, 5.41) is 2.11. The Balaban J connectivity index is 1.89. The third-order valence-corrected chi connectivity index (χ3v) is 5.67. The second-order valence-electron chi connectivity index (χ2n) is 7.70. The van der Waals surface area contributed by atoms with Crippen molar-refractivity contribution < 1.29 is 32.9 Å². The Bertz CT molecular complexity index is 964. The molecule has 3 rings (SSSR count). The van der Waals surface area contributed by atoms with Crippen LogP contribution in [-0.4, -0.2) is 56.1 Å². The Hall–Kier alpha value is -2.88. The number of benzene rings is 1. The standard InChI is InChI=1S/C19H20N2O7S/c1-19(2,3)28-14(23)9-29(27)12-6-4-5-10-15(12)18(26)21(17(10)25)11-7-8-13(22)20-16(11)24/h4-6,11H,7-9H2,1-3H3,(H,20,22,24). The second-order valence-corrected chi connectivity index (χ2v) is 9.12. The number of imide groups is 2. The van der Waals surface area contributed by atoms with E-state index in [1.165, 1.54) is 18.2 Å². The first kappa shape index (κ1) is 20.8. The van der Waals surface area contributed by atoms with Crippen molar-refractivity contribution in [2.24, 2.45) is 0 Å². The molecule has 2 aliphatic rings. The number of esters is 1. The summed E-state index contributed by atoms with van der Waals surface area (Å²) in [5.74, 6) is -3.85. The minimum Gasteiger partial charge on any atom is -0.459 e. The average molecular weight is 420 g/mol. The van der Waals surface area contributed by atoms with E-state index < -0.39 is 57.8 Å². The number of carbonyl (C=O) groups is 5. The molecule has 0 radical (unpaired) electrons. The molecule has 2 aliphatic heterocycles. The summed E-state index contributed by atoms with van der Waals surface area (Å²) in [4.78, 5) is 62.1. The van der Waals surface area contributed by atoms with Crippen LogP contribution in [0.4, 0.5) is 0 Å². The van der Waals surface area contributed by atoms with Crippen LogP contribution < -0.4 is 5.32 Å². The number of ether oxygens (including phenoxy) is 1. The van der Waals surface area contributed by atoms with Crippen molar-refractivity contribution in [1.82, 2.24) is 10.2 Å². The maximum atomic E-state index is 13.0. The van der Waals surface area contributed by atoms with Crippen molar-refractivity contribution >= 4 is 40.4 Å². The predicted octanol–water partition coefficient (Wildman–Crippen LogP) is 0.537. The molecular formula is C19H20N2O7S. The number of carbonyl (C=O) groups excluding carboxylic acids is 5. The highest BCUT2D eigenvalue weighted by atomic mass is 32.2. The first-order valence-corrected chi connectivity index (χ1v) is 10.3.